The van der Waals surface area contributed by atoms with E-state index >= 15 is 0 Å². The number of hydrogen-bond acceptors (Lipinski definition) is 2. The van der Waals surface area contributed by atoms with Crippen molar-refractivity contribution in [2.24, 2.45) is 5.73 Å². The van der Waals surface area contributed by atoms with Crippen LogP contribution in [-0.2, 0) is 0 Å². The Morgan fingerprint density at radius 2 is 2.06 bits per heavy atom. The molecule has 0 aliphatic rings. The van der Waals surface area contributed by atoms with Gasteiger partial charge in [-0.05, 0) is 25.1 Å². The molecular formula is C11H9Cl2N3S. The number of nitrogens with two attached hydrogens (primary N) is 1. The first-order chi connectivity index (χ1) is 7.99. The van der Waals surface area contributed by atoms with Gasteiger partial charge in [0, 0.05) is 11.8 Å². The molecule has 0 saturated heterocycles. The van der Waals surface area contributed by atoms with Crippen LogP contribution in [0.5, 0.6) is 0 Å². The van der Waals surface area contributed by atoms with Crippen molar-refractivity contribution in [2.45, 2.75) is 6.92 Å². The summed E-state index contributed by atoms with van der Waals surface area (Å²) in [5, 5.41) is 5.37. The van der Waals surface area contributed by atoms with Gasteiger partial charge in [-0.1, -0.05) is 35.4 Å². The highest BCUT2D eigenvalue weighted by atomic mass is 35.5. The summed E-state index contributed by atoms with van der Waals surface area (Å²) in [6.07, 6.45) is 1.73. The summed E-state index contributed by atoms with van der Waals surface area (Å²) in [5.41, 5.74) is 7.76. The van der Waals surface area contributed by atoms with Crippen LogP contribution in [0.3, 0.4) is 0 Å². The lowest BCUT2D eigenvalue weighted by molar-refractivity contribution is 0.862. The standard InChI is InChI=1S/C11H9Cl2N3S/c1-6-10(13)5-16(15-6)7-2-3-8(11(14)17)9(12)4-7/h2-5H,1H3,(H2,14,17). The molecule has 0 radical (unpaired) electrons. The Labute approximate surface area is 114 Å². The van der Waals surface area contributed by atoms with Crippen molar-refractivity contribution in [1.82, 2.24) is 9.78 Å². The molecule has 0 saturated carbocycles. The third-order valence-corrected chi connectivity index (χ3v) is 3.23. The molecule has 0 spiro atoms. The molecule has 0 aliphatic carbocycles. The van der Waals surface area contributed by atoms with Crippen molar-refractivity contribution in [1.29, 1.82) is 0 Å². The summed E-state index contributed by atoms with van der Waals surface area (Å²) in [6.45, 7) is 1.84. The van der Waals surface area contributed by atoms with Crippen LogP contribution in [0.4, 0.5) is 0 Å². The molecule has 0 atom stereocenters. The van der Waals surface area contributed by atoms with E-state index in [0.717, 1.165) is 11.4 Å². The van der Waals surface area contributed by atoms with Crippen LogP contribution in [0, 0.1) is 6.92 Å². The first-order valence-electron chi connectivity index (χ1n) is 4.80. The average molecular weight is 286 g/mol. The molecular weight excluding hydrogens is 277 g/mol. The van der Waals surface area contributed by atoms with Crippen molar-refractivity contribution in [3.63, 3.8) is 0 Å². The van der Waals surface area contributed by atoms with Gasteiger partial charge < -0.3 is 5.73 Å². The maximum Gasteiger partial charge on any atom is 0.105 e. The lowest BCUT2D eigenvalue weighted by Gasteiger charge is -2.05. The SMILES string of the molecule is Cc1nn(-c2ccc(C(N)=S)c(Cl)c2)cc1Cl. The Morgan fingerprint density at radius 3 is 2.53 bits per heavy atom. The predicted octanol–water partition coefficient (Wildman–Crippen LogP) is 3.12. The zero-order valence-electron chi connectivity index (χ0n) is 8.95. The van der Waals surface area contributed by atoms with Gasteiger partial charge in [-0.15, -0.1) is 0 Å². The van der Waals surface area contributed by atoms with Crippen LogP contribution in [-0.4, -0.2) is 14.8 Å². The van der Waals surface area contributed by atoms with Gasteiger partial charge in [0.2, 0.25) is 0 Å². The number of halogens is 2. The van der Waals surface area contributed by atoms with Crippen molar-refractivity contribution < 1.29 is 0 Å². The van der Waals surface area contributed by atoms with Crippen LogP contribution >= 0.6 is 35.4 Å². The molecule has 0 aliphatic heterocycles. The summed E-state index contributed by atoms with van der Waals surface area (Å²) in [7, 11) is 0. The largest absolute Gasteiger partial charge is 0.389 e. The van der Waals surface area contributed by atoms with E-state index in [1.807, 2.05) is 13.0 Å². The van der Waals surface area contributed by atoms with Gasteiger partial charge in [-0.25, -0.2) is 4.68 Å². The third-order valence-electron chi connectivity index (χ3n) is 2.32. The first-order valence-corrected chi connectivity index (χ1v) is 5.97. The Morgan fingerprint density at radius 1 is 1.35 bits per heavy atom. The van der Waals surface area contributed by atoms with Gasteiger partial charge in [0.1, 0.15) is 4.99 Å². The fourth-order valence-electron chi connectivity index (χ4n) is 1.42. The monoisotopic (exact) mass is 285 g/mol. The molecule has 1 aromatic carbocycles. The van der Waals surface area contributed by atoms with Gasteiger partial charge in [0.25, 0.3) is 0 Å². The number of aryl methyl sites for hydroxylation is 1. The summed E-state index contributed by atoms with van der Waals surface area (Å²) in [5.74, 6) is 0. The fraction of sp³-hybridized carbons (Fsp3) is 0.0909. The quantitative estimate of drug-likeness (QED) is 0.863. The van der Waals surface area contributed by atoms with E-state index in [1.165, 1.54) is 0 Å². The minimum Gasteiger partial charge on any atom is -0.389 e. The van der Waals surface area contributed by atoms with Crippen LogP contribution in [0.1, 0.15) is 11.3 Å². The Kier molecular flexibility index (Phi) is 3.38. The van der Waals surface area contributed by atoms with Gasteiger partial charge in [-0.2, -0.15) is 5.10 Å². The van der Waals surface area contributed by atoms with Crippen molar-refractivity contribution in [2.75, 3.05) is 0 Å². The highest BCUT2D eigenvalue weighted by Gasteiger charge is 2.08. The molecule has 2 N–H and O–H groups in total. The number of aromatic nitrogens is 2. The molecule has 0 amide bonds. The highest BCUT2D eigenvalue weighted by molar-refractivity contribution is 7.80. The van der Waals surface area contributed by atoms with E-state index in [4.69, 9.17) is 41.2 Å². The lowest BCUT2D eigenvalue weighted by atomic mass is 10.2. The molecule has 0 bridgehead atoms. The van der Waals surface area contributed by atoms with Crippen LogP contribution < -0.4 is 5.73 Å². The smallest absolute Gasteiger partial charge is 0.105 e. The first kappa shape index (κ1) is 12.4. The molecule has 1 aromatic heterocycles. The molecule has 17 heavy (non-hydrogen) atoms. The van der Waals surface area contributed by atoms with Crippen LogP contribution in [0.15, 0.2) is 24.4 Å². The second-order valence-electron chi connectivity index (χ2n) is 3.54. The highest BCUT2D eigenvalue weighted by Crippen LogP contribution is 2.22. The molecule has 3 nitrogen and oxygen atoms in total. The summed E-state index contributed by atoms with van der Waals surface area (Å²) in [6, 6.07) is 5.35. The molecule has 2 rings (SSSR count). The van der Waals surface area contributed by atoms with Gasteiger partial charge in [0.15, 0.2) is 0 Å². The maximum absolute atomic E-state index is 6.08. The van der Waals surface area contributed by atoms with E-state index < -0.39 is 0 Å². The van der Waals surface area contributed by atoms with E-state index in [2.05, 4.69) is 5.10 Å². The minimum absolute atomic E-state index is 0.274. The molecule has 6 heteroatoms. The Hall–Kier alpha value is -1.10. The summed E-state index contributed by atoms with van der Waals surface area (Å²) < 4.78 is 1.66. The van der Waals surface area contributed by atoms with Crippen LogP contribution in [0.2, 0.25) is 10.0 Å². The van der Waals surface area contributed by atoms with Crippen molar-refractivity contribution >= 4 is 40.4 Å². The number of thiocarbonyl (C=S) groups is 1. The Balaban J connectivity index is 2.47. The zero-order valence-corrected chi connectivity index (χ0v) is 11.3. The van der Waals surface area contributed by atoms with E-state index in [9.17, 15) is 0 Å². The van der Waals surface area contributed by atoms with Gasteiger partial charge in [0.05, 0.1) is 21.4 Å². The molecule has 0 fully saturated rings. The number of nitrogens with zero attached hydrogens (tertiary/aromatic N) is 2. The minimum atomic E-state index is 0.274. The molecule has 2 aromatic rings. The maximum atomic E-state index is 6.08. The Bertz CT molecular complexity index is 573. The van der Waals surface area contributed by atoms with Crippen molar-refractivity contribution in [3.8, 4) is 5.69 Å². The second kappa shape index (κ2) is 4.64. The normalized spacial score (nSPS) is 10.5. The average Bonchev–Trinajstić information content (AvgIpc) is 2.58. The number of benzene rings is 1. The van der Waals surface area contributed by atoms with Gasteiger partial charge >= 0.3 is 0 Å². The second-order valence-corrected chi connectivity index (χ2v) is 4.79. The molecule has 1 heterocycles. The number of rotatable bonds is 2. The van der Waals surface area contributed by atoms with E-state index in [0.29, 0.717) is 15.6 Å². The van der Waals surface area contributed by atoms with Crippen molar-refractivity contribution in [3.05, 3.63) is 45.7 Å². The third kappa shape index (κ3) is 2.44. The molecule has 88 valence electrons. The zero-order chi connectivity index (χ0) is 12.6. The van der Waals surface area contributed by atoms with Gasteiger partial charge in [-0.3, -0.25) is 0 Å². The van der Waals surface area contributed by atoms with Crippen LogP contribution in [0.25, 0.3) is 5.69 Å². The van der Waals surface area contributed by atoms with E-state index in [-0.39, 0.29) is 4.99 Å². The lowest BCUT2D eigenvalue weighted by Crippen LogP contribution is -2.10. The summed E-state index contributed by atoms with van der Waals surface area (Å²) >= 11 is 16.9. The molecule has 0 unspecified atom stereocenters. The number of hydrogen-bond donors (Lipinski definition) is 1. The van der Waals surface area contributed by atoms with E-state index in [1.54, 1.807) is 23.0 Å². The topological polar surface area (TPSA) is 43.8 Å². The summed E-state index contributed by atoms with van der Waals surface area (Å²) in [4.78, 5) is 0.274. The fourth-order valence-corrected chi connectivity index (χ4v) is 2.06. The predicted molar refractivity (Wildman–Crippen MR) is 74.2 cm³/mol.